The highest BCUT2D eigenvalue weighted by atomic mass is 32.2. The standard InChI is InChI=1S/C25H30F3N7O2S/c1-4-6-19(15-36)32-23(37)16-8-10-18(11-9-16)33-24-31-14-20(25(26,27)28)21(34-24)30-13-17-7-5-12-29-22(17)35(2)38-3/h5,7-12,14,19,36H,4,6,13,15H2,1-3H3,(H,32,37)(H2,30,31,33,34)/t19-/m1/s1. The summed E-state index contributed by atoms with van der Waals surface area (Å²) < 4.78 is 42.8. The number of amides is 1. The third-order valence-electron chi connectivity index (χ3n) is 5.58. The van der Waals surface area contributed by atoms with Crippen molar-refractivity contribution in [3.05, 3.63) is 65.5 Å². The second-order valence-electron chi connectivity index (χ2n) is 8.32. The molecule has 0 bridgehead atoms. The lowest BCUT2D eigenvalue weighted by atomic mass is 10.1. The number of anilines is 4. The summed E-state index contributed by atoms with van der Waals surface area (Å²) >= 11 is 1.42. The van der Waals surface area contributed by atoms with Crippen molar-refractivity contribution in [2.45, 2.75) is 38.5 Å². The van der Waals surface area contributed by atoms with Crippen LogP contribution in [-0.4, -0.2) is 51.9 Å². The average Bonchev–Trinajstić information content (AvgIpc) is 2.91. The van der Waals surface area contributed by atoms with Crippen LogP contribution in [0, 0.1) is 0 Å². The number of hydrogen-bond donors (Lipinski definition) is 4. The van der Waals surface area contributed by atoms with E-state index < -0.39 is 11.7 Å². The fourth-order valence-corrected chi connectivity index (χ4v) is 3.90. The van der Waals surface area contributed by atoms with Crippen molar-refractivity contribution in [1.29, 1.82) is 0 Å². The van der Waals surface area contributed by atoms with E-state index in [9.17, 15) is 23.1 Å². The van der Waals surface area contributed by atoms with Crippen molar-refractivity contribution in [1.82, 2.24) is 20.3 Å². The van der Waals surface area contributed by atoms with E-state index >= 15 is 0 Å². The van der Waals surface area contributed by atoms with Crippen LogP contribution in [0.15, 0.2) is 48.8 Å². The monoisotopic (exact) mass is 549 g/mol. The molecule has 1 atom stereocenters. The summed E-state index contributed by atoms with van der Waals surface area (Å²) in [7, 11) is 1.81. The maximum atomic E-state index is 13.7. The Balaban J connectivity index is 1.77. The molecule has 0 spiro atoms. The third-order valence-corrected chi connectivity index (χ3v) is 6.30. The molecule has 2 heterocycles. The van der Waals surface area contributed by atoms with Gasteiger partial charge in [-0.3, -0.25) is 4.79 Å². The summed E-state index contributed by atoms with van der Waals surface area (Å²) in [5, 5.41) is 17.8. The van der Waals surface area contributed by atoms with E-state index in [1.54, 1.807) is 42.6 Å². The number of aliphatic hydroxyl groups is 1. The first-order valence-electron chi connectivity index (χ1n) is 11.8. The van der Waals surface area contributed by atoms with Gasteiger partial charge in [-0.05, 0) is 36.8 Å². The lowest BCUT2D eigenvalue weighted by Gasteiger charge is -2.19. The second kappa shape index (κ2) is 13.3. The van der Waals surface area contributed by atoms with E-state index in [0.717, 1.165) is 12.6 Å². The van der Waals surface area contributed by atoms with E-state index in [-0.39, 0.29) is 36.9 Å². The Morgan fingerprint density at radius 2 is 1.92 bits per heavy atom. The summed E-state index contributed by atoms with van der Waals surface area (Å²) in [6.45, 7) is 1.86. The first-order valence-corrected chi connectivity index (χ1v) is 13.0. The van der Waals surface area contributed by atoms with Crippen molar-refractivity contribution in [2.75, 3.05) is 34.8 Å². The Hall–Kier alpha value is -3.58. The van der Waals surface area contributed by atoms with Crippen LogP contribution >= 0.6 is 11.9 Å². The van der Waals surface area contributed by atoms with E-state index in [4.69, 9.17) is 0 Å². The highest BCUT2D eigenvalue weighted by molar-refractivity contribution is 7.99. The summed E-state index contributed by atoms with van der Waals surface area (Å²) in [5.74, 6) is -0.131. The Morgan fingerprint density at radius 3 is 2.55 bits per heavy atom. The highest BCUT2D eigenvalue weighted by Gasteiger charge is 2.35. The lowest BCUT2D eigenvalue weighted by Crippen LogP contribution is -2.37. The Bertz CT molecular complexity index is 1210. The van der Waals surface area contributed by atoms with Gasteiger partial charge in [-0.2, -0.15) is 18.2 Å². The zero-order valence-corrected chi connectivity index (χ0v) is 22.0. The number of carbonyl (C=O) groups is 1. The van der Waals surface area contributed by atoms with E-state index in [0.29, 0.717) is 29.1 Å². The van der Waals surface area contributed by atoms with E-state index in [1.165, 1.54) is 11.9 Å². The third kappa shape index (κ3) is 7.71. The van der Waals surface area contributed by atoms with Crippen molar-refractivity contribution in [3.8, 4) is 0 Å². The van der Waals surface area contributed by atoms with E-state index in [1.807, 2.05) is 24.5 Å². The Morgan fingerprint density at radius 1 is 1.18 bits per heavy atom. The molecule has 0 saturated heterocycles. The quantitative estimate of drug-likeness (QED) is 0.235. The predicted octanol–water partition coefficient (Wildman–Crippen LogP) is 4.85. The number of benzene rings is 1. The van der Waals surface area contributed by atoms with E-state index in [2.05, 4.69) is 30.9 Å². The first-order chi connectivity index (χ1) is 18.2. The van der Waals surface area contributed by atoms with Gasteiger partial charge in [0.05, 0.1) is 12.6 Å². The van der Waals surface area contributed by atoms with Crippen molar-refractivity contribution < 1.29 is 23.1 Å². The molecule has 0 saturated carbocycles. The molecule has 3 rings (SSSR count). The molecule has 1 amide bonds. The number of alkyl halides is 3. The fraction of sp³-hybridized carbons (Fsp3) is 0.360. The highest BCUT2D eigenvalue weighted by Crippen LogP contribution is 2.34. The molecule has 0 unspecified atom stereocenters. The van der Waals surface area contributed by atoms with Crippen LogP contribution in [-0.2, 0) is 12.7 Å². The van der Waals surface area contributed by atoms with Crippen molar-refractivity contribution >= 4 is 41.1 Å². The zero-order valence-electron chi connectivity index (χ0n) is 21.2. The molecular weight excluding hydrogens is 519 g/mol. The number of aromatic nitrogens is 3. The summed E-state index contributed by atoms with van der Waals surface area (Å²) in [6.07, 6.45) is 1.02. The van der Waals surface area contributed by atoms with Crippen LogP contribution in [0.3, 0.4) is 0 Å². The molecular formula is C25H30F3N7O2S. The number of halogens is 3. The summed E-state index contributed by atoms with van der Waals surface area (Å²) in [5.41, 5.74) is 0.560. The minimum Gasteiger partial charge on any atom is -0.394 e. The first kappa shape index (κ1) is 29.0. The predicted molar refractivity (Wildman–Crippen MR) is 143 cm³/mol. The smallest absolute Gasteiger partial charge is 0.394 e. The summed E-state index contributed by atoms with van der Waals surface area (Å²) in [6, 6.07) is 9.47. The van der Waals surface area contributed by atoms with Gasteiger partial charge in [-0.25, -0.2) is 9.97 Å². The number of pyridine rings is 1. The number of nitrogens with one attached hydrogen (secondary N) is 3. The van der Waals surface area contributed by atoms with Gasteiger partial charge in [0.1, 0.15) is 17.2 Å². The SMILES string of the molecule is CCC[C@H](CO)NC(=O)c1ccc(Nc2ncc(C(F)(F)F)c(NCc3cccnc3N(C)SC)n2)cc1. The number of rotatable bonds is 12. The average molecular weight is 550 g/mol. The molecule has 13 heteroatoms. The number of hydrogen-bond acceptors (Lipinski definition) is 9. The minimum absolute atomic E-state index is 0.0476. The molecule has 0 aliphatic carbocycles. The van der Waals surface area contributed by atoms with Crippen molar-refractivity contribution in [2.24, 2.45) is 0 Å². The largest absolute Gasteiger partial charge is 0.421 e. The molecule has 0 aliphatic heterocycles. The molecule has 3 aromatic rings. The molecule has 0 radical (unpaired) electrons. The molecule has 0 fully saturated rings. The molecule has 0 aliphatic rings. The topological polar surface area (TPSA) is 115 Å². The van der Waals surface area contributed by atoms with Gasteiger partial charge in [0.25, 0.3) is 5.91 Å². The van der Waals surface area contributed by atoms with Crippen LogP contribution in [0.25, 0.3) is 0 Å². The molecule has 1 aromatic carbocycles. The van der Waals surface area contributed by atoms with Gasteiger partial charge in [0, 0.05) is 49.1 Å². The van der Waals surface area contributed by atoms with Crippen molar-refractivity contribution in [3.63, 3.8) is 0 Å². The minimum atomic E-state index is -4.66. The maximum absolute atomic E-state index is 13.7. The molecule has 4 N–H and O–H groups in total. The molecule has 9 nitrogen and oxygen atoms in total. The Kier molecular flexibility index (Phi) is 10.1. The summed E-state index contributed by atoms with van der Waals surface area (Å²) in [4.78, 5) is 24.6. The van der Waals surface area contributed by atoms with Crippen LogP contribution in [0.2, 0.25) is 0 Å². The van der Waals surface area contributed by atoms with Gasteiger partial charge in [-0.1, -0.05) is 31.4 Å². The van der Waals surface area contributed by atoms with Gasteiger partial charge in [0.2, 0.25) is 5.95 Å². The second-order valence-corrected chi connectivity index (χ2v) is 9.23. The van der Waals surface area contributed by atoms with Gasteiger partial charge < -0.3 is 25.4 Å². The normalized spacial score (nSPS) is 12.1. The van der Waals surface area contributed by atoms with Crippen LogP contribution in [0.5, 0.6) is 0 Å². The van der Waals surface area contributed by atoms with Gasteiger partial charge in [0.15, 0.2) is 0 Å². The molecule has 38 heavy (non-hydrogen) atoms. The zero-order chi connectivity index (χ0) is 27.7. The number of carbonyl (C=O) groups excluding carboxylic acids is 1. The molecule has 2 aromatic heterocycles. The lowest BCUT2D eigenvalue weighted by molar-refractivity contribution is -0.137. The maximum Gasteiger partial charge on any atom is 0.421 e. The van der Waals surface area contributed by atoms with Crippen LogP contribution in [0.4, 0.5) is 36.4 Å². The van der Waals surface area contributed by atoms with Crippen LogP contribution < -0.4 is 20.3 Å². The molecule has 204 valence electrons. The Labute approximate surface area is 223 Å². The number of aliphatic hydroxyl groups excluding tert-OH is 1. The fourth-order valence-electron chi connectivity index (χ4n) is 3.56. The van der Waals surface area contributed by atoms with Gasteiger partial charge >= 0.3 is 6.18 Å². The van der Waals surface area contributed by atoms with Crippen LogP contribution in [0.1, 0.15) is 41.3 Å². The van der Waals surface area contributed by atoms with Gasteiger partial charge in [-0.15, -0.1) is 0 Å². The number of nitrogens with zero attached hydrogens (tertiary/aromatic N) is 4.